The van der Waals surface area contributed by atoms with Crippen LogP contribution < -0.4 is 0 Å². The van der Waals surface area contributed by atoms with Gasteiger partial charge in [-0.25, -0.2) is 0 Å². The summed E-state index contributed by atoms with van der Waals surface area (Å²) in [5, 5.41) is 12.2. The number of nitrogens with zero attached hydrogens (tertiary/aromatic N) is 5. The average molecular weight is 295 g/mol. The molecule has 0 aliphatic carbocycles. The van der Waals surface area contributed by atoms with Gasteiger partial charge in [-0.15, -0.1) is 5.10 Å². The largest absolute Gasteiger partial charge is 0.361 e. The van der Waals surface area contributed by atoms with Crippen molar-refractivity contribution in [1.29, 1.82) is 0 Å². The molecule has 0 saturated carbocycles. The number of amides is 1. The molecule has 2 aromatic heterocycles. The van der Waals surface area contributed by atoms with Crippen LogP contribution in [-0.2, 0) is 13.0 Å². The third kappa shape index (κ3) is 2.16. The average Bonchev–Trinajstić information content (AvgIpc) is 3.23. The number of carbonyl (C=O) groups is 1. The van der Waals surface area contributed by atoms with E-state index in [0.717, 1.165) is 17.0 Å². The molecule has 7 heteroatoms. The Balaban J connectivity index is 1.56. The topological polar surface area (TPSA) is 77.0 Å². The zero-order valence-electron chi connectivity index (χ0n) is 11.7. The van der Waals surface area contributed by atoms with E-state index in [4.69, 9.17) is 4.52 Å². The third-order valence-electron chi connectivity index (χ3n) is 3.68. The van der Waals surface area contributed by atoms with Gasteiger partial charge >= 0.3 is 0 Å². The summed E-state index contributed by atoms with van der Waals surface area (Å²) in [5.41, 5.74) is 2.11. The molecule has 0 unspecified atom stereocenters. The second kappa shape index (κ2) is 5.10. The molecule has 1 aliphatic heterocycles. The van der Waals surface area contributed by atoms with Crippen LogP contribution in [0.4, 0.5) is 0 Å². The van der Waals surface area contributed by atoms with E-state index in [1.165, 1.54) is 11.0 Å². The summed E-state index contributed by atoms with van der Waals surface area (Å²) in [7, 11) is 0. The summed E-state index contributed by atoms with van der Waals surface area (Å²) in [6, 6.07) is 9.50. The SMILES string of the molecule is O=C(c1cnn(-c2ccccc2)n1)N1CCc2oncc2C1. The third-order valence-corrected chi connectivity index (χ3v) is 3.68. The maximum absolute atomic E-state index is 12.5. The van der Waals surface area contributed by atoms with Crippen molar-refractivity contribution in [3.63, 3.8) is 0 Å². The monoisotopic (exact) mass is 295 g/mol. The molecule has 1 amide bonds. The van der Waals surface area contributed by atoms with Crippen molar-refractivity contribution in [2.45, 2.75) is 13.0 Å². The van der Waals surface area contributed by atoms with Gasteiger partial charge in [0.05, 0.1) is 24.6 Å². The van der Waals surface area contributed by atoms with E-state index in [1.54, 1.807) is 11.1 Å². The summed E-state index contributed by atoms with van der Waals surface area (Å²) in [6.45, 7) is 1.09. The van der Waals surface area contributed by atoms with Gasteiger partial charge in [0.1, 0.15) is 5.76 Å². The van der Waals surface area contributed by atoms with Crippen LogP contribution in [0.2, 0.25) is 0 Å². The van der Waals surface area contributed by atoms with Crippen LogP contribution in [0.15, 0.2) is 47.2 Å². The summed E-state index contributed by atoms with van der Waals surface area (Å²) in [5.74, 6) is 0.728. The number of fused-ring (bicyclic) bond motifs is 1. The van der Waals surface area contributed by atoms with Crippen LogP contribution >= 0.6 is 0 Å². The number of carbonyl (C=O) groups excluding carboxylic acids is 1. The first-order valence-corrected chi connectivity index (χ1v) is 7.01. The quantitative estimate of drug-likeness (QED) is 0.715. The van der Waals surface area contributed by atoms with E-state index in [2.05, 4.69) is 15.4 Å². The highest BCUT2D eigenvalue weighted by Crippen LogP contribution is 2.19. The molecule has 0 bridgehead atoms. The molecule has 0 radical (unpaired) electrons. The van der Waals surface area contributed by atoms with Crippen LogP contribution in [-0.4, -0.2) is 37.5 Å². The molecular weight excluding hydrogens is 282 g/mol. The molecule has 0 N–H and O–H groups in total. The molecule has 0 fully saturated rings. The highest BCUT2D eigenvalue weighted by atomic mass is 16.5. The summed E-state index contributed by atoms with van der Waals surface area (Å²) < 4.78 is 5.13. The van der Waals surface area contributed by atoms with E-state index in [-0.39, 0.29) is 5.91 Å². The number of aromatic nitrogens is 4. The van der Waals surface area contributed by atoms with Crippen LogP contribution in [0.3, 0.4) is 0 Å². The predicted octanol–water partition coefficient (Wildman–Crippen LogP) is 1.45. The molecule has 1 aromatic carbocycles. The minimum absolute atomic E-state index is 0.131. The second-order valence-corrected chi connectivity index (χ2v) is 5.11. The lowest BCUT2D eigenvalue weighted by Crippen LogP contribution is -2.35. The zero-order valence-corrected chi connectivity index (χ0v) is 11.7. The molecule has 0 saturated heterocycles. The van der Waals surface area contributed by atoms with Gasteiger partial charge in [-0.2, -0.15) is 9.90 Å². The number of rotatable bonds is 2. The molecule has 110 valence electrons. The van der Waals surface area contributed by atoms with Gasteiger partial charge in [0, 0.05) is 18.5 Å². The molecular formula is C15H13N5O2. The first-order valence-electron chi connectivity index (χ1n) is 7.01. The Morgan fingerprint density at radius 3 is 2.91 bits per heavy atom. The fourth-order valence-electron chi connectivity index (χ4n) is 2.52. The molecule has 7 nitrogen and oxygen atoms in total. The summed E-state index contributed by atoms with van der Waals surface area (Å²) in [6.07, 6.45) is 3.84. The van der Waals surface area contributed by atoms with E-state index >= 15 is 0 Å². The molecule has 0 spiro atoms. The van der Waals surface area contributed by atoms with E-state index in [9.17, 15) is 4.79 Å². The Morgan fingerprint density at radius 2 is 2.05 bits per heavy atom. The minimum Gasteiger partial charge on any atom is -0.361 e. The lowest BCUT2D eigenvalue weighted by atomic mass is 10.1. The summed E-state index contributed by atoms with van der Waals surface area (Å²) in [4.78, 5) is 15.7. The Morgan fingerprint density at radius 1 is 1.18 bits per heavy atom. The van der Waals surface area contributed by atoms with Crippen molar-refractivity contribution in [3.8, 4) is 5.69 Å². The van der Waals surface area contributed by atoms with Crippen molar-refractivity contribution < 1.29 is 9.32 Å². The van der Waals surface area contributed by atoms with Crippen LogP contribution in [0.1, 0.15) is 21.8 Å². The van der Waals surface area contributed by atoms with Crippen molar-refractivity contribution in [3.05, 3.63) is 59.7 Å². The van der Waals surface area contributed by atoms with Gasteiger partial charge in [-0.3, -0.25) is 4.79 Å². The zero-order chi connectivity index (χ0) is 14.9. The standard InChI is InChI=1S/C15H13N5O2/c21-15(19-7-6-14-11(10-19)8-17-22-14)13-9-16-20(18-13)12-4-2-1-3-5-12/h1-5,8-9H,6-7,10H2. The molecule has 1 aliphatic rings. The Kier molecular flexibility index (Phi) is 2.96. The Hall–Kier alpha value is -2.96. The normalized spacial score (nSPS) is 13.9. The number of benzene rings is 1. The lowest BCUT2D eigenvalue weighted by molar-refractivity contribution is 0.0722. The smallest absolute Gasteiger partial charge is 0.276 e. The maximum Gasteiger partial charge on any atom is 0.276 e. The minimum atomic E-state index is -0.131. The van der Waals surface area contributed by atoms with Gasteiger partial charge in [0.2, 0.25) is 0 Å². The van der Waals surface area contributed by atoms with Crippen LogP contribution in [0.5, 0.6) is 0 Å². The number of hydrogen-bond donors (Lipinski definition) is 0. The van der Waals surface area contributed by atoms with E-state index in [0.29, 0.717) is 25.2 Å². The Bertz CT molecular complexity index is 808. The fraction of sp³-hybridized carbons (Fsp3) is 0.200. The van der Waals surface area contributed by atoms with Crippen molar-refractivity contribution in [2.24, 2.45) is 0 Å². The first-order chi connectivity index (χ1) is 10.8. The van der Waals surface area contributed by atoms with Gasteiger partial charge in [0.25, 0.3) is 5.91 Å². The molecule has 0 atom stereocenters. The number of para-hydroxylation sites is 1. The predicted molar refractivity (Wildman–Crippen MR) is 76.3 cm³/mol. The van der Waals surface area contributed by atoms with Crippen molar-refractivity contribution in [2.75, 3.05) is 6.54 Å². The van der Waals surface area contributed by atoms with Crippen molar-refractivity contribution in [1.82, 2.24) is 25.1 Å². The molecule has 4 rings (SSSR count). The second-order valence-electron chi connectivity index (χ2n) is 5.11. The molecule has 3 heterocycles. The highest BCUT2D eigenvalue weighted by molar-refractivity contribution is 5.92. The van der Waals surface area contributed by atoms with Gasteiger partial charge in [0.15, 0.2) is 5.69 Å². The van der Waals surface area contributed by atoms with Crippen molar-refractivity contribution >= 4 is 5.91 Å². The fourth-order valence-corrected chi connectivity index (χ4v) is 2.52. The summed E-state index contributed by atoms with van der Waals surface area (Å²) >= 11 is 0. The Labute approximate surface area is 126 Å². The molecule has 3 aromatic rings. The maximum atomic E-state index is 12.5. The van der Waals surface area contributed by atoms with E-state index in [1.807, 2.05) is 30.3 Å². The van der Waals surface area contributed by atoms with Crippen LogP contribution in [0, 0.1) is 0 Å². The molecule has 22 heavy (non-hydrogen) atoms. The first kappa shape index (κ1) is 12.8. The van der Waals surface area contributed by atoms with E-state index < -0.39 is 0 Å². The van der Waals surface area contributed by atoms with Gasteiger partial charge < -0.3 is 9.42 Å². The lowest BCUT2D eigenvalue weighted by Gasteiger charge is -2.24. The number of hydrogen-bond acceptors (Lipinski definition) is 5. The van der Waals surface area contributed by atoms with Gasteiger partial charge in [-0.05, 0) is 12.1 Å². The van der Waals surface area contributed by atoms with Gasteiger partial charge in [-0.1, -0.05) is 23.4 Å². The van der Waals surface area contributed by atoms with Crippen LogP contribution in [0.25, 0.3) is 5.69 Å². The highest BCUT2D eigenvalue weighted by Gasteiger charge is 2.26.